The Morgan fingerprint density at radius 3 is 2.38 bits per heavy atom. The van der Waals surface area contributed by atoms with Gasteiger partial charge in [-0.25, -0.2) is 4.79 Å². The first-order chi connectivity index (χ1) is 12.0. The van der Waals surface area contributed by atoms with Crippen LogP contribution in [0.2, 0.25) is 0 Å². The molecule has 1 heterocycles. The first kappa shape index (κ1) is 20.7. The quantitative estimate of drug-likeness (QED) is 0.725. The van der Waals surface area contributed by atoms with Crippen molar-refractivity contribution in [1.29, 1.82) is 0 Å². The SMILES string of the molecule is COC[C@H]1C[C@@H](OS(=O)(=O)c2ccc(C)cc2)CN1C(=O)OC(C)(C)C. The summed E-state index contributed by atoms with van der Waals surface area (Å²) >= 11 is 0. The van der Waals surface area contributed by atoms with E-state index in [0.29, 0.717) is 6.42 Å². The van der Waals surface area contributed by atoms with Crippen molar-refractivity contribution in [3.05, 3.63) is 29.8 Å². The molecule has 7 nitrogen and oxygen atoms in total. The van der Waals surface area contributed by atoms with Crippen LogP contribution in [0.25, 0.3) is 0 Å². The molecule has 0 saturated carbocycles. The molecule has 0 unspecified atom stereocenters. The molecule has 26 heavy (non-hydrogen) atoms. The summed E-state index contributed by atoms with van der Waals surface area (Å²) in [6.07, 6.45) is -0.787. The molecule has 0 N–H and O–H groups in total. The molecule has 1 aromatic carbocycles. The van der Waals surface area contributed by atoms with Crippen molar-refractivity contribution < 1.29 is 26.9 Å². The van der Waals surface area contributed by atoms with Crippen molar-refractivity contribution in [3.8, 4) is 0 Å². The van der Waals surface area contributed by atoms with Gasteiger partial charge in [-0.05, 0) is 46.2 Å². The molecule has 0 spiro atoms. The number of carbonyl (C=O) groups is 1. The van der Waals surface area contributed by atoms with Crippen LogP contribution < -0.4 is 0 Å². The second-order valence-electron chi connectivity index (χ2n) is 7.46. The van der Waals surface area contributed by atoms with Crippen LogP contribution in [-0.2, 0) is 23.8 Å². The summed E-state index contributed by atoms with van der Waals surface area (Å²) in [4.78, 5) is 14.0. The number of carbonyl (C=O) groups excluding carboxylic acids is 1. The van der Waals surface area contributed by atoms with Crippen molar-refractivity contribution >= 4 is 16.2 Å². The van der Waals surface area contributed by atoms with Gasteiger partial charge in [0.15, 0.2) is 0 Å². The van der Waals surface area contributed by atoms with Gasteiger partial charge in [0, 0.05) is 7.11 Å². The van der Waals surface area contributed by atoms with Crippen LogP contribution in [0.1, 0.15) is 32.8 Å². The number of methoxy groups -OCH3 is 1. The minimum Gasteiger partial charge on any atom is -0.444 e. The first-order valence-electron chi connectivity index (χ1n) is 8.50. The van der Waals surface area contributed by atoms with E-state index in [-0.39, 0.29) is 24.1 Å². The van der Waals surface area contributed by atoms with Gasteiger partial charge in [-0.1, -0.05) is 17.7 Å². The first-order valence-corrected chi connectivity index (χ1v) is 9.91. The third-order valence-electron chi connectivity index (χ3n) is 3.94. The van der Waals surface area contributed by atoms with Gasteiger partial charge < -0.3 is 14.4 Å². The second-order valence-corrected chi connectivity index (χ2v) is 9.04. The Labute approximate surface area is 155 Å². The summed E-state index contributed by atoms with van der Waals surface area (Å²) in [6.45, 7) is 7.63. The highest BCUT2D eigenvalue weighted by Crippen LogP contribution is 2.26. The normalized spacial score (nSPS) is 21.0. The lowest BCUT2D eigenvalue weighted by Crippen LogP contribution is -2.42. The fourth-order valence-electron chi connectivity index (χ4n) is 2.78. The topological polar surface area (TPSA) is 82.1 Å². The molecule has 1 saturated heterocycles. The smallest absolute Gasteiger partial charge is 0.410 e. The number of rotatable bonds is 5. The Kier molecular flexibility index (Phi) is 6.31. The van der Waals surface area contributed by atoms with Gasteiger partial charge in [0.2, 0.25) is 0 Å². The number of nitrogens with zero attached hydrogens (tertiary/aromatic N) is 1. The summed E-state index contributed by atoms with van der Waals surface area (Å²) < 4.78 is 40.9. The zero-order chi connectivity index (χ0) is 19.5. The van der Waals surface area contributed by atoms with Crippen LogP contribution in [-0.4, -0.2) is 57.4 Å². The average Bonchev–Trinajstić information content (AvgIpc) is 2.88. The molecule has 1 aliphatic heterocycles. The molecule has 146 valence electrons. The highest BCUT2D eigenvalue weighted by Gasteiger charge is 2.40. The molecule has 0 radical (unpaired) electrons. The Hall–Kier alpha value is -1.64. The average molecular weight is 385 g/mol. The lowest BCUT2D eigenvalue weighted by Gasteiger charge is -2.28. The van der Waals surface area contributed by atoms with E-state index >= 15 is 0 Å². The van der Waals surface area contributed by atoms with Gasteiger partial charge in [0.25, 0.3) is 10.1 Å². The number of ether oxygens (including phenoxy) is 2. The molecule has 0 aromatic heterocycles. The molecule has 0 aliphatic carbocycles. The maximum atomic E-state index is 12.5. The summed E-state index contributed by atoms with van der Waals surface area (Å²) in [5.74, 6) is 0. The van der Waals surface area contributed by atoms with Crippen molar-refractivity contribution in [2.45, 2.75) is 56.8 Å². The van der Waals surface area contributed by atoms with Gasteiger partial charge in [-0.2, -0.15) is 8.42 Å². The number of hydrogen-bond donors (Lipinski definition) is 0. The molecule has 1 aliphatic rings. The molecular formula is C18H27NO6S. The lowest BCUT2D eigenvalue weighted by atomic mass is 10.2. The highest BCUT2D eigenvalue weighted by atomic mass is 32.2. The van der Waals surface area contributed by atoms with Gasteiger partial charge in [0.1, 0.15) is 5.60 Å². The molecule has 2 rings (SSSR count). The van der Waals surface area contributed by atoms with E-state index < -0.39 is 27.9 Å². The highest BCUT2D eigenvalue weighted by molar-refractivity contribution is 7.86. The fourth-order valence-corrected chi connectivity index (χ4v) is 3.86. The Morgan fingerprint density at radius 1 is 1.23 bits per heavy atom. The van der Waals surface area contributed by atoms with E-state index in [2.05, 4.69) is 0 Å². The molecular weight excluding hydrogens is 358 g/mol. The standard InChI is InChI=1S/C18H27NO6S/c1-13-6-8-16(9-7-13)26(21,22)25-15-10-14(12-23-5)19(11-15)17(20)24-18(2,3)4/h6-9,14-15H,10-12H2,1-5H3/t14-,15-/m1/s1. The largest absolute Gasteiger partial charge is 0.444 e. The van der Waals surface area contributed by atoms with Crippen molar-refractivity contribution in [1.82, 2.24) is 4.90 Å². The molecule has 1 fully saturated rings. The van der Waals surface area contributed by atoms with Crippen LogP contribution in [0.3, 0.4) is 0 Å². The number of likely N-dealkylation sites (tertiary alicyclic amines) is 1. The van der Waals surface area contributed by atoms with E-state index in [1.807, 2.05) is 6.92 Å². The summed E-state index contributed by atoms with van der Waals surface area (Å²) in [7, 11) is -2.37. The third kappa shape index (κ3) is 5.43. The Bertz CT molecular complexity index is 723. The second kappa shape index (κ2) is 7.94. The molecule has 1 aromatic rings. The van der Waals surface area contributed by atoms with E-state index in [1.165, 1.54) is 24.1 Å². The monoisotopic (exact) mass is 385 g/mol. The van der Waals surface area contributed by atoms with E-state index in [4.69, 9.17) is 13.7 Å². The third-order valence-corrected chi connectivity index (χ3v) is 5.31. The zero-order valence-electron chi connectivity index (χ0n) is 15.9. The Balaban J connectivity index is 2.11. The van der Waals surface area contributed by atoms with Crippen LogP contribution in [0.5, 0.6) is 0 Å². The summed E-state index contributed by atoms with van der Waals surface area (Å²) in [5.41, 5.74) is 0.322. The Morgan fingerprint density at radius 2 is 1.85 bits per heavy atom. The predicted molar refractivity (Wildman–Crippen MR) is 96.5 cm³/mol. The van der Waals surface area contributed by atoms with Gasteiger partial charge in [0.05, 0.1) is 30.2 Å². The van der Waals surface area contributed by atoms with Crippen LogP contribution in [0.4, 0.5) is 4.79 Å². The number of amides is 1. The fraction of sp³-hybridized carbons (Fsp3) is 0.611. The van der Waals surface area contributed by atoms with E-state index in [1.54, 1.807) is 32.9 Å². The minimum absolute atomic E-state index is 0.0992. The van der Waals surface area contributed by atoms with Crippen LogP contribution >= 0.6 is 0 Å². The number of benzene rings is 1. The predicted octanol–water partition coefficient (Wildman–Crippen LogP) is 2.72. The van der Waals surface area contributed by atoms with E-state index in [0.717, 1.165) is 5.56 Å². The van der Waals surface area contributed by atoms with Crippen LogP contribution in [0.15, 0.2) is 29.2 Å². The van der Waals surface area contributed by atoms with Gasteiger partial charge in [-0.15, -0.1) is 0 Å². The minimum atomic E-state index is -3.90. The number of hydrogen-bond acceptors (Lipinski definition) is 6. The van der Waals surface area contributed by atoms with Crippen molar-refractivity contribution in [3.63, 3.8) is 0 Å². The van der Waals surface area contributed by atoms with Crippen molar-refractivity contribution in [2.75, 3.05) is 20.3 Å². The van der Waals surface area contributed by atoms with Crippen LogP contribution in [0, 0.1) is 6.92 Å². The molecule has 2 atom stereocenters. The molecule has 1 amide bonds. The lowest BCUT2D eigenvalue weighted by molar-refractivity contribution is 0.0140. The zero-order valence-corrected chi connectivity index (χ0v) is 16.7. The van der Waals surface area contributed by atoms with Gasteiger partial charge in [-0.3, -0.25) is 4.18 Å². The maximum absolute atomic E-state index is 12.5. The van der Waals surface area contributed by atoms with Crippen molar-refractivity contribution in [2.24, 2.45) is 0 Å². The summed E-state index contributed by atoms with van der Waals surface area (Å²) in [6, 6.07) is 6.15. The van der Waals surface area contributed by atoms with E-state index in [9.17, 15) is 13.2 Å². The van der Waals surface area contributed by atoms with Gasteiger partial charge >= 0.3 is 6.09 Å². The molecule has 8 heteroatoms. The maximum Gasteiger partial charge on any atom is 0.410 e. The summed E-state index contributed by atoms with van der Waals surface area (Å²) in [5, 5.41) is 0. The molecule has 0 bridgehead atoms. The number of aryl methyl sites for hydroxylation is 1.